The zero-order chi connectivity index (χ0) is 13.4. The number of rotatable bonds is 2. The summed E-state index contributed by atoms with van der Waals surface area (Å²) in [6.07, 6.45) is 2.45. The van der Waals surface area contributed by atoms with Gasteiger partial charge in [-0.2, -0.15) is 0 Å². The predicted molar refractivity (Wildman–Crippen MR) is 80.8 cm³/mol. The minimum atomic E-state index is -0.325. The van der Waals surface area contributed by atoms with Crippen LogP contribution in [-0.4, -0.2) is 24.4 Å². The summed E-state index contributed by atoms with van der Waals surface area (Å²) in [6.45, 7) is 0.467. The van der Waals surface area contributed by atoms with Crippen LogP contribution in [0.1, 0.15) is 19.3 Å². The number of nitrogens with one attached hydrogen (secondary N) is 1. The number of halogens is 1. The van der Waals surface area contributed by atoms with Crippen molar-refractivity contribution < 1.29 is 9.59 Å². The molecular weight excluding hydrogens is 355 g/mol. The van der Waals surface area contributed by atoms with Crippen LogP contribution in [0.2, 0.25) is 0 Å². The van der Waals surface area contributed by atoms with E-state index < -0.39 is 0 Å². The van der Waals surface area contributed by atoms with Gasteiger partial charge in [-0.15, -0.1) is 0 Å². The molecule has 1 aliphatic heterocycles. The van der Waals surface area contributed by atoms with E-state index in [1.165, 1.54) is 0 Å². The molecule has 1 aromatic rings. The van der Waals surface area contributed by atoms with Crippen LogP contribution < -0.4 is 10.2 Å². The van der Waals surface area contributed by atoms with E-state index in [0.717, 1.165) is 22.1 Å². The molecule has 19 heavy (non-hydrogen) atoms. The Morgan fingerprint density at radius 2 is 1.84 bits per heavy atom. The number of hydrogen-bond acceptors (Lipinski definition) is 2. The minimum absolute atomic E-state index is 0.0155. The first kappa shape index (κ1) is 12.9. The highest BCUT2D eigenvalue weighted by Gasteiger charge is 2.41. The molecule has 1 aliphatic carbocycles. The van der Waals surface area contributed by atoms with E-state index in [9.17, 15) is 9.59 Å². The van der Waals surface area contributed by atoms with Crippen LogP contribution in [0.15, 0.2) is 24.3 Å². The van der Waals surface area contributed by atoms with Crippen LogP contribution in [0.4, 0.5) is 5.69 Å². The van der Waals surface area contributed by atoms with Crippen LogP contribution in [0.25, 0.3) is 0 Å². The Hall–Kier alpha value is -1.11. The maximum Gasteiger partial charge on any atom is 0.249 e. The molecule has 1 heterocycles. The van der Waals surface area contributed by atoms with Crippen molar-refractivity contribution in [2.45, 2.75) is 25.3 Å². The van der Waals surface area contributed by atoms with Gasteiger partial charge in [0.15, 0.2) is 0 Å². The summed E-state index contributed by atoms with van der Waals surface area (Å²) in [5, 5.41) is 2.87. The van der Waals surface area contributed by atoms with Gasteiger partial charge in [0.05, 0.1) is 0 Å². The molecule has 1 saturated carbocycles. The number of amides is 2. The number of anilines is 1. The third kappa shape index (κ3) is 2.75. The lowest BCUT2D eigenvalue weighted by molar-refractivity contribution is -0.126. The van der Waals surface area contributed by atoms with Gasteiger partial charge in [0.2, 0.25) is 11.8 Å². The van der Waals surface area contributed by atoms with Gasteiger partial charge in [0.25, 0.3) is 0 Å². The Balaban J connectivity index is 1.88. The summed E-state index contributed by atoms with van der Waals surface area (Å²) in [6, 6.07) is 7.53. The highest BCUT2D eigenvalue weighted by Crippen LogP contribution is 2.35. The van der Waals surface area contributed by atoms with Crippen LogP contribution >= 0.6 is 22.6 Å². The summed E-state index contributed by atoms with van der Waals surface area (Å²) < 4.78 is 1.14. The van der Waals surface area contributed by atoms with Crippen molar-refractivity contribution in [3.8, 4) is 0 Å². The van der Waals surface area contributed by atoms with Gasteiger partial charge in [-0.25, -0.2) is 0 Å². The number of hydrogen-bond donors (Lipinski definition) is 1. The molecule has 100 valence electrons. The van der Waals surface area contributed by atoms with Crippen molar-refractivity contribution in [2.75, 3.05) is 11.4 Å². The third-order valence-corrected chi connectivity index (χ3v) is 4.36. The third-order valence-electron chi connectivity index (χ3n) is 3.64. The Labute approximate surface area is 125 Å². The first-order valence-corrected chi connectivity index (χ1v) is 7.59. The van der Waals surface area contributed by atoms with E-state index in [0.29, 0.717) is 18.9 Å². The van der Waals surface area contributed by atoms with Crippen molar-refractivity contribution >= 4 is 40.1 Å². The maximum atomic E-state index is 12.6. The zero-order valence-corrected chi connectivity index (χ0v) is 12.6. The molecule has 2 fully saturated rings. The fourth-order valence-corrected chi connectivity index (χ4v) is 2.78. The smallest absolute Gasteiger partial charge is 0.249 e. The minimum Gasteiger partial charge on any atom is -0.344 e. The average Bonchev–Trinajstić information content (AvgIpc) is 3.21. The fraction of sp³-hybridized carbons (Fsp3) is 0.429. The Kier molecular flexibility index (Phi) is 3.47. The van der Waals surface area contributed by atoms with Crippen LogP contribution in [0, 0.1) is 9.49 Å². The van der Waals surface area contributed by atoms with Crippen molar-refractivity contribution in [1.29, 1.82) is 0 Å². The van der Waals surface area contributed by atoms with Crippen molar-refractivity contribution in [2.24, 2.45) is 5.92 Å². The molecule has 0 bridgehead atoms. The summed E-state index contributed by atoms with van der Waals surface area (Å²) in [5.74, 6) is 0.355. The van der Waals surface area contributed by atoms with Gasteiger partial charge in [-0.3, -0.25) is 9.59 Å². The molecule has 1 atom stereocenters. The van der Waals surface area contributed by atoms with Crippen molar-refractivity contribution in [3.05, 3.63) is 27.8 Å². The molecule has 1 saturated heterocycles. The van der Waals surface area contributed by atoms with E-state index in [-0.39, 0.29) is 17.9 Å². The molecular formula is C14H15IN2O2. The lowest BCUT2D eigenvalue weighted by Gasteiger charge is -2.24. The Morgan fingerprint density at radius 1 is 1.16 bits per heavy atom. The van der Waals surface area contributed by atoms with Crippen molar-refractivity contribution in [3.63, 3.8) is 0 Å². The lowest BCUT2D eigenvalue weighted by atomic mass is 10.1. The average molecular weight is 370 g/mol. The quantitative estimate of drug-likeness (QED) is 0.809. The second-order valence-electron chi connectivity index (χ2n) is 5.10. The second-order valence-corrected chi connectivity index (χ2v) is 6.34. The summed E-state index contributed by atoms with van der Waals surface area (Å²) in [7, 11) is 0. The topological polar surface area (TPSA) is 49.4 Å². The fourth-order valence-electron chi connectivity index (χ4n) is 2.43. The molecule has 0 radical (unpaired) electrons. The molecule has 1 N–H and O–H groups in total. The highest BCUT2D eigenvalue weighted by molar-refractivity contribution is 14.1. The van der Waals surface area contributed by atoms with Crippen molar-refractivity contribution in [1.82, 2.24) is 5.32 Å². The number of benzene rings is 1. The van der Waals surface area contributed by atoms with E-state index in [1.807, 2.05) is 24.3 Å². The standard InChI is InChI=1S/C14H15IN2O2/c15-10-3-5-11(6-4-10)17-8-7-12(18)16-13(14(17)19)9-1-2-9/h3-6,9,13H,1-2,7-8H2,(H,16,18). The predicted octanol–water partition coefficient (Wildman–Crippen LogP) is 1.92. The molecule has 1 aromatic carbocycles. The van der Waals surface area contributed by atoms with Crippen LogP contribution in [0.3, 0.4) is 0 Å². The second kappa shape index (κ2) is 5.11. The summed E-state index contributed by atoms with van der Waals surface area (Å²) >= 11 is 2.24. The highest BCUT2D eigenvalue weighted by atomic mass is 127. The Bertz CT molecular complexity index is 511. The maximum absolute atomic E-state index is 12.6. The molecule has 3 rings (SSSR count). The zero-order valence-electron chi connectivity index (χ0n) is 10.4. The monoisotopic (exact) mass is 370 g/mol. The molecule has 4 nitrogen and oxygen atoms in total. The van der Waals surface area contributed by atoms with Gasteiger partial charge in [0.1, 0.15) is 6.04 Å². The Morgan fingerprint density at radius 3 is 2.47 bits per heavy atom. The van der Waals surface area contributed by atoms with E-state index in [2.05, 4.69) is 27.9 Å². The van der Waals surface area contributed by atoms with E-state index in [1.54, 1.807) is 4.90 Å². The lowest BCUT2D eigenvalue weighted by Crippen LogP contribution is -2.46. The number of carbonyl (C=O) groups excluding carboxylic acids is 2. The van der Waals surface area contributed by atoms with Gasteiger partial charge in [-0.1, -0.05) is 0 Å². The van der Waals surface area contributed by atoms with Crippen LogP contribution in [0.5, 0.6) is 0 Å². The molecule has 5 heteroatoms. The number of nitrogens with zero attached hydrogens (tertiary/aromatic N) is 1. The molecule has 0 aromatic heterocycles. The van der Waals surface area contributed by atoms with Gasteiger partial charge in [0, 0.05) is 22.2 Å². The largest absolute Gasteiger partial charge is 0.344 e. The van der Waals surface area contributed by atoms with Gasteiger partial charge < -0.3 is 10.2 Å². The van der Waals surface area contributed by atoms with Crippen LogP contribution in [-0.2, 0) is 9.59 Å². The van der Waals surface area contributed by atoms with E-state index >= 15 is 0 Å². The first-order chi connectivity index (χ1) is 9.15. The summed E-state index contributed by atoms with van der Waals surface area (Å²) in [4.78, 5) is 26.0. The van der Waals surface area contributed by atoms with Gasteiger partial charge in [-0.05, 0) is 65.6 Å². The molecule has 2 amide bonds. The SMILES string of the molecule is O=C1CCN(c2ccc(I)cc2)C(=O)C(C2CC2)N1. The first-order valence-electron chi connectivity index (χ1n) is 6.51. The molecule has 0 spiro atoms. The van der Waals surface area contributed by atoms with E-state index in [4.69, 9.17) is 0 Å². The molecule has 1 unspecified atom stereocenters. The van der Waals surface area contributed by atoms with Gasteiger partial charge >= 0.3 is 0 Å². The molecule has 2 aliphatic rings. The normalized spacial score (nSPS) is 24.1. The number of carbonyl (C=O) groups is 2. The summed E-state index contributed by atoms with van der Waals surface area (Å²) in [5.41, 5.74) is 0.882.